The van der Waals surface area contributed by atoms with Crippen molar-refractivity contribution in [2.75, 3.05) is 0 Å². The Morgan fingerprint density at radius 1 is 1.22 bits per heavy atom. The first-order valence-electron chi connectivity index (χ1n) is 6.53. The summed E-state index contributed by atoms with van der Waals surface area (Å²) in [7, 11) is 1.98. The first-order valence-corrected chi connectivity index (χ1v) is 6.53. The van der Waals surface area contributed by atoms with E-state index in [0.717, 1.165) is 19.4 Å². The molecule has 1 aromatic heterocycles. The van der Waals surface area contributed by atoms with Gasteiger partial charge in [-0.15, -0.1) is 0 Å². The van der Waals surface area contributed by atoms with E-state index in [4.69, 9.17) is 0 Å². The Morgan fingerprint density at radius 2 is 2.00 bits per heavy atom. The molecule has 0 radical (unpaired) electrons. The van der Waals surface area contributed by atoms with Crippen molar-refractivity contribution in [2.24, 2.45) is 7.05 Å². The first-order chi connectivity index (χ1) is 8.79. The topological polar surface area (TPSA) is 29.9 Å². The van der Waals surface area contributed by atoms with Crippen molar-refractivity contribution in [3.05, 3.63) is 53.9 Å². The van der Waals surface area contributed by atoms with Gasteiger partial charge in [-0.2, -0.15) is 5.10 Å². The molecule has 0 saturated heterocycles. The van der Waals surface area contributed by atoms with Crippen molar-refractivity contribution in [3.8, 4) is 0 Å². The monoisotopic (exact) mass is 243 g/mol. The minimum absolute atomic E-state index is 0.516. The van der Waals surface area contributed by atoms with Gasteiger partial charge in [0.05, 0.1) is 5.69 Å². The van der Waals surface area contributed by atoms with Crippen LogP contribution in [0, 0.1) is 0 Å². The number of rotatable bonds is 6. The van der Waals surface area contributed by atoms with Crippen LogP contribution in [0.4, 0.5) is 0 Å². The minimum atomic E-state index is 0.516. The Bertz CT molecular complexity index is 462. The molecule has 1 N–H and O–H groups in total. The molecule has 3 heteroatoms. The quantitative estimate of drug-likeness (QED) is 0.845. The Hall–Kier alpha value is -1.61. The summed E-state index contributed by atoms with van der Waals surface area (Å²) < 4.78 is 1.92. The predicted octanol–water partition coefficient (Wildman–Crippen LogP) is 2.53. The molecule has 1 aromatic carbocycles. The van der Waals surface area contributed by atoms with E-state index >= 15 is 0 Å². The highest BCUT2D eigenvalue weighted by Gasteiger charge is 2.07. The van der Waals surface area contributed by atoms with Crippen LogP contribution < -0.4 is 5.32 Å². The number of hydrogen-bond acceptors (Lipinski definition) is 2. The van der Waals surface area contributed by atoms with E-state index in [1.54, 1.807) is 0 Å². The minimum Gasteiger partial charge on any atom is -0.308 e. The van der Waals surface area contributed by atoms with Crippen LogP contribution in [0.1, 0.15) is 24.6 Å². The van der Waals surface area contributed by atoms with E-state index < -0.39 is 0 Å². The van der Waals surface area contributed by atoms with E-state index in [-0.39, 0.29) is 0 Å². The van der Waals surface area contributed by atoms with Gasteiger partial charge in [0.1, 0.15) is 0 Å². The van der Waals surface area contributed by atoms with Gasteiger partial charge in [-0.25, -0.2) is 0 Å². The summed E-state index contributed by atoms with van der Waals surface area (Å²) in [6.45, 7) is 3.10. The van der Waals surface area contributed by atoms with Crippen LogP contribution in [0.5, 0.6) is 0 Å². The molecule has 18 heavy (non-hydrogen) atoms. The fourth-order valence-electron chi connectivity index (χ4n) is 2.08. The van der Waals surface area contributed by atoms with E-state index in [2.05, 4.69) is 53.7 Å². The third kappa shape index (κ3) is 3.44. The van der Waals surface area contributed by atoms with Gasteiger partial charge in [0.25, 0.3) is 0 Å². The van der Waals surface area contributed by atoms with Gasteiger partial charge in [0.15, 0.2) is 0 Å². The number of benzene rings is 1. The highest BCUT2D eigenvalue weighted by atomic mass is 15.3. The summed E-state index contributed by atoms with van der Waals surface area (Å²) in [6, 6.07) is 13.2. The second-order valence-corrected chi connectivity index (χ2v) is 4.62. The van der Waals surface area contributed by atoms with Crippen molar-refractivity contribution in [1.82, 2.24) is 15.1 Å². The summed E-state index contributed by atoms with van der Waals surface area (Å²) in [6.07, 6.45) is 4.05. The molecule has 0 amide bonds. The van der Waals surface area contributed by atoms with Gasteiger partial charge < -0.3 is 5.32 Å². The van der Waals surface area contributed by atoms with E-state index in [1.807, 2.05) is 17.9 Å². The van der Waals surface area contributed by atoms with Gasteiger partial charge in [-0.05, 0) is 24.5 Å². The zero-order valence-electron chi connectivity index (χ0n) is 11.1. The smallest absolute Gasteiger partial charge is 0.0518 e. The highest BCUT2D eigenvalue weighted by molar-refractivity contribution is 5.16. The summed E-state index contributed by atoms with van der Waals surface area (Å²) in [4.78, 5) is 0. The molecule has 3 nitrogen and oxygen atoms in total. The summed E-state index contributed by atoms with van der Waals surface area (Å²) >= 11 is 0. The van der Waals surface area contributed by atoms with Crippen LogP contribution in [0.25, 0.3) is 0 Å². The largest absolute Gasteiger partial charge is 0.308 e. The molecule has 1 unspecified atom stereocenters. The number of aryl methyl sites for hydroxylation is 1. The fourth-order valence-corrected chi connectivity index (χ4v) is 2.08. The Kier molecular flexibility index (Phi) is 4.53. The molecular formula is C15H21N3. The molecule has 1 atom stereocenters. The van der Waals surface area contributed by atoms with Crippen LogP contribution in [0.15, 0.2) is 42.6 Å². The fraction of sp³-hybridized carbons (Fsp3) is 0.400. The highest BCUT2D eigenvalue weighted by Crippen LogP contribution is 2.06. The van der Waals surface area contributed by atoms with Crippen molar-refractivity contribution in [3.63, 3.8) is 0 Å². The zero-order valence-corrected chi connectivity index (χ0v) is 11.1. The number of nitrogens with one attached hydrogen (secondary N) is 1. The summed E-state index contributed by atoms with van der Waals surface area (Å²) in [5, 5.41) is 7.78. The Morgan fingerprint density at radius 3 is 2.61 bits per heavy atom. The summed E-state index contributed by atoms with van der Waals surface area (Å²) in [5.41, 5.74) is 2.61. The van der Waals surface area contributed by atoms with E-state index in [0.29, 0.717) is 6.04 Å². The molecule has 2 aromatic rings. The van der Waals surface area contributed by atoms with Crippen molar-refractivity contribution < 1.29 is 0 Å². The zero-order chi connectivity index (χ0) is 12.8. The maximum Gasteiger partial charge on any atom is 0.0518 e. The van der Waals surface area contributed by atoms with E-state index in [1.165, 1.54) is 11.3 Å². The van der Waals surface area contributed by atoms with Crippen molar-refractivity contribution in [1.29, 1.82) is 0 Å². The number of aromatic nitrogens is 2. The molecule has 2 rings (SSSR count). The molecule has 0 saturated carbocycles. The molecule has 0 fully saturated rings. The second-order valence-electron chi connectivity index (χ2n) is 4.62. The lowest BCUT2D eigenvalue weighted by atomic mass is 10.0. The van der Waals surface area contributed by atoms with Gasteiger partial charge in [0.2, 0.25) is 0 Å². The predicted molar refractivity (Wildman–Crippen MR) is 74.3 cm³/mol. The SMILES string of the molecule is CCC(Cc1ccccc1)NCc1ccnn1C. The molecule has 0 aliphatic rings. The number of hydrogen-bond donors (Lipinski definition) is 1. The van der Waals surface area contributed by atoms with Crippen LogP contribution >= 0.6 is 0 Å². The van der Waals surface area contributed by atoms with Crippen molar-refractivity contribution in [2.45, 2.75) is 32.4 Å². The average molecular weight is 243 g/mol. The van der Waals surface area contributed by atoms with Crippen molar-refractivity contribution >= 4 is 0 Å². The van der Waals surface area contributed by atoms with Gasteiger partial charge in [0, 0.05) is 25.8 Å². The standard InChI is InChI=1S/C15H21N3/c1-3-14(11-13-7-5-4-6-8-13)16-12-15-9-10-17-18(15)2/h4-10,14,16H,3,11-12H2,1-2H3. The molecular weight excluding hydrogens is 222 g/mol. The average Bonchev–Trinajstić information content (AvgIpc) is 2.81. The molecule has 0 aliphatic carbocycles. The van der Waals surface area contributed by atoms with E-state index in [9.17, 15) is 0 Å². The van der Waals surface area contributed by atoms with Crippen LogP contribution in [-0.4, -0.2) is 15.8 Å². The maximum absolute atomic E-state index is 4.18. The Balaban J connectivity index is 1.88. The molecule has 0 spiro atoms. The molecule has 0 aliphatic heterocycles. The lowest BCUT2D eigenvalue weighted by Crippen LogP contribution is -2.30. The lowest BCUT2D eigenvalue weighted by molar-refractivity contribution is 0.482. The normalized spacial score (nSPS) is 12.6. The van der Waals surface area contributed by atoms with Crippen LogP contribution in [0.2, 0.25) is 0 Å². The molecule has 1 heterocycles. The third-order valence-electron chi connectivity index (χ3n) is 3.31. The molecule has 96 valence electrons. The van der Waals surface area contributed by atoms with Gasteiger partial charge in [-0.3, -0.25) is 4.68 Å². The molecule has 0 bridgehead atoms. The van der Waals surface area contributed by atoms with Gasteiger partial charge in [-0.1, -0.05) is 37.3 Å². The third-order valence-corrected chi connectivity index (χ3v) is 3.31. The first kappa shape index (κ1) is 12.8. The van der Waals surface area contributed by atoms with Crippen LogP contribution in [0.3, 0.4) is 0 Å². The van der Waals surface area contributed by atoms with Crippen LogP contribution in [-0.2, 0) is 20.0 Å². The lowest BCUT2D eigenvalue weighted by Gasteiger charge is -2.17. The maximum atomic E-state index is 4.18. The second kappa shape index (κ2) is 6.36. The number of nitrogens with zero attached hydrogens (tertiary/aromatic N) is 2. The Labute approximate surface area is 109 Å². The van der Waals surface area contributed by atoms with Gasteiger partial charge >= 0.3 is 0 Å². The summed E-state index contributed by atoms with van der Waals surface area (Å²) in [5.74, 6) is 0.